The van der Waals surface area contributed by atoms with Gasteiger partial charge in [-0.15, -0.1) is 0 Å². The molecule has 116 valence electrons. The van der Waals surface area contributed by atoms with E-state index in [4.69, 9.17) is 4.74 Å². The standard InChI is InChI=1S/C18H21NO2S/c20-18(16-9-12-22-14-16)19-10-11-21-17(13-19)8-4-7-15-5-2-1-3-6-15/h1-3,5-6,9,12,14,17H,4,7-8,10-11,13H2/t17-/m0/s1. The monoisotopic (exact) mass is 315 g/mol. The molecule has 0 unspecified atom stereocenters. The zero-order valence-corrected chi connectivity index (χ0v) is 13.4. The van der Waals surface area contributed by atoms with Crippen molar-refractivity contribution in [1.82, 2.24) is 4.90 Å². The van der Waals surface area contributed by atoms with Crippen LogP contribution in [0.3, 0.4) is 0 Å². The van der Waals surface area contributed by atoms with Gasteiger partial charge in [-0.05, 0) is 36.3 Å². The number of amides is 1. The number of hydrogen-bond acceptors (Lipinski definition) is 3. The first-order valence-electron chi connectivity index (χ1n) is 7.80. The van der Waals surface area contributed by atoms with Crippen LogP contribution < -0.4 is 0 Å². The van der Waals surface area contributed by atoms with E-state index in [0.717, 1.165) is 24.8 Å². The van der Waals surface area contributed by atoms with Crippen LogP contribution in [0.15, 0.2) is 47.2 Å². The fraction of sp³-hybridized carbons (Fsp3) is 0.389. The Labute approximate surface area is 135 Å². The van der Waals surface area contributed by atoms with E-state index >= 15 is 0 Å². The predicted octanol–water partition coefficient (Wildman–Crippen LogP) is 3.61. The molecule has 1 aromatic heterocycles. The molecule has 1 aliphatic heterocycles. The van der Waals surface area contributed by atoms with Gasteiger partial charge in [-0.2, -0.15) is 11.3 Å². The lowest BCUT2D eigenvalue weighted by Gasteiger charge is -2.33. The topological polar surface area (TPSA) is 29.5 Å². The second-order valence-corrected chi connectivity index (χ2v) is 6.41. The second kappa shape index (κ2) is 7.56. The lowest BCUT2D eigenvalue weighted by Crippen LogP contribution is -2.45. The van der Waals surface area contributed by atoms with Gasteiger partial charge in [-0.25, -0.2) is 0 Å². The van der Waals surface area contributed by atoms with Crippen molar-refractivity contribution in [3.05, 3.63) is 58.3 Å². The summed E-state index contributed by atoms with van der Waals surface area (Å²) < 4.78 is 5.82. The van der Waals surface area contributed by atoms with Gasteiger partial charge in [0.1, 0.15) is 0 Å². The molecule has 2 aromatic rings. The Bertz CT molecular complexity index is 582. The molecule has 0 aliphatic carbocycles. The van der Waals surface area contributed by atoms with E-state index in [1.165, 1.54) is 5.56 Å². The van der Waals surface area contributed by atoms with E-state index in [0.29, 0.717) is 19.7 Å². The molecule has 0 spiro atoms. The Hall–Kier alpha value is -1.65. The summed E-state index contributed by atoms with van der Waals surface area (Å²) in [5.41, 5.74) is 2.17. The highest BCUT2D eigenvalue weighted by atomic mass is 32.1. The molecule has 1 saturated heterocycles. The molecule has 0 radical (unpaired) electrons. The number of benzene rings is 1. The lowest BCUT2D eigenvalue weighted by atomic mass is 10.0. The Kier molecular flexibility index (Phi) is 5.24. The summed E-state index contributed by atoms with van der Waals surface area (Å²) in [5, 5.41) is 3.87. The van der Waals surface area contributed by atoms with Crippen molar-refractivity contribution in [2.75, 3.05) is 19.7 Å². The maximum Gasteiger partial charge on any atom is 0.254 e. The number of thiophene rings is 1. The van der Waals surface area contributed by atoms with Crippen LogP contribution in [0.1, 0.15) is 28.8 Å². The third kappa shape index (κ3) is 3.96. The zero-order chi connectivity index (χ0) is 15.2. The van der Waals surface area contributed by atoms with E-state index in [2.05, 4.69) is 24.3 Å². The molecule has 3 rings (SSSR count). The summed E-state index contributed by atoms with van der Waals surface area (Å²) in [4.78, 5) is 14.3. The Morgan fingerprint density at radius 1 is 1.27 bits per heavy atom. The molecule has 1 atom stereocenters. The van der Waals surface area contributed by atoms with Crippen molar-refractivity contribution in [2.24, 2.45) is 0 Å². The molecule has 0 bridgehead atoms. The van der Waals surface area contributed by atoms with Crippen LogP contribution in [0.5, 0.6) is 0 Å². The number of carbonyl (C=O) groups excluding carboxylic acids is 1. The summed E-state index contributed by atoms with van der Waals surface area (Å²) in [6.07, 6.45) is 3.33. The zero-order valence-electron chi connectivity index (χ0n) is 12.6. The van der Waals surface area contributed by atoms with Crippen molar-refractivity contribution in [2.45, 2.75) is 25.4 Å². The first kappa shape index (κ1) is 15.3. The van der Waals surface area contributed by atoms with Crippen LogP contribution in [0.25, 0.3) is 0 Å². The van der Waals surface area contributed by atoms with Gasteiger partial charge >= 0.3 is 0 Å². The second-order valence-electron chi connectivity index (χ2n) is 5.63. The van der Waals surface area contributed by atoms with Gasteiger partial charge in [0.25, 0.3) is 5.91 Å². The largest absolute Gasteiger partial charge is 0.375 e. The highest BCUT2D eigenvalue weighted by molar-refractivity contribution is 7.08. The van der Waals surface area contributed by atoms with Gasteiger partial charge in [-0.1, -0.05) is 30.3 Å². The van der Waals surface area contributed by atoms with Gasteiger partial charge in [0, 0.05) is 18.5 Å². The smallest absolute Gasteiger partial charge is 0.254 e. The lowest BCUT2D eigenvalue weighted by molar-refractivity contribution is -0.0254. The quantitative estimate of drug-likeness (QED) is 0.843. The van der Waals surface area contributed by atoms with E-state index < -0.39 is 0 Å². The van der Waals surface area contributed by atoms with Gasteiger partial charge in [0.2, 0.25) is 0 Å². The predicted molar refractivity (Wildman–Crippen MR) is 89.3 cm³/mol. The highest BCUT2D eigenvalue weighted by Crippen LogP contribution is 2.16. The number of morpholine rings is 1. The van der Waals surface area contributed by atoms with E-state index in [1.807, 2.05) is 27.8 Å². The Morgan fingerprint density at radius 2 is 2.14 bits per heavy atom. The molecule has 1 fully saturated rings. The van der Waals surface area contributed by atoms with Crippen LogP contribution >= 0.6 is 11.3 Å². The molecule has 22 heavy (non-hydrogen) atoms. The van der Waals surface area contributed by atoms with Crippen LogP contribution in [0.2, 0.25) is 0 Å². The molecule has 1 amide bonds. The van der Waals surface area contributed by atoms with Crippen molar-refractivity contribution in [3.63, 3.8) is 0 Å². The first-order chi connectivity index (χ1) is 10.8. The minimum atomic E-state index is 0.137. The molecule has 1 aromatic carbocycles. The average molecular weight is 315 g/mol. The van der Waals surface area contributed by atoms with Gasteiger partial charge < -0.3 is 9.64 Å². The minimum absolute atomic E-state index is 0.137. The normalized spacial score (nSPS) is 18.4. The number of nitrogens with zero attached hydrogens (tertiary/aromatic N) is 1. The van der Waals surface area contributed by atoms with Crippen molar-refractivity contribution < 1.29 is 9.53 Å². The van der Waals surface area contributed by atoms with Crippen molar-refractivity contribution in [3.8, 4) is 0 Å². The highest BCUT2D eigenvalue weighted by Gasteiger charge is 2.24. The molecule has 3 nitrogen and oxygen atoms in total. The third-order valence-corrected chi connectivity index (χ3v) is 4.71. The fourth-order valence-corrected chi connectivity index (χ4v) is 3.46. The van der Waals surface area contributed by atoms with Crippen LogP contribution in [0.4, 0.5) is 0 Å². The first-order valence-corrected chi connectivity index (χ1v) is 8.74. The van der Waals surface area contributed by atoms with Crippen LogP contribution in [-0.2, 0) is 11.2 Å². The average Bonchev–Trinajstić information content (AvgIpc) is 3.10. The SMILES string of the molecule is O=C(c1ccsc1)N1CCO[C@@H](CCCc2ccccc2)C1. The third-order valence-electron chi connectivity index (χ3n) is 4.03. The van der Waals surface area contributed by atoms with Gasteiger partial charge in [-0.3, -0.25) is 4.79 Å². The summed E-state index contributed by atoms with van der Waals surface area (Å²) in [7, 11) is 0. The van der Waals surface area contributed by atoms with Gasteiger partial charge in [0.05, 0.1) is 18.3 Å². The molecule has 0 saturated carbocycles. The van der Waals surface area contributed by atoms with Crippen LogP contribution in [0, 0.1) is 0 Å². The van der Waals surface area contributed by atoms with Gasteiger partial charge in [0.15, 0.2) is 0 Å². The number of hydrogen-bond donors (Lipinski definition) is 0. The number of aryl methyl sites for hydroxylation is 1. The van der Waals surface area contributed by atoms with E-state index in [-0.39, 0.29) is 12.0 Å². The van der Waals surface area contributed by atoms with E-state index in [9.17, 15) is 4.79 Å². The maximum atomic E-state index is 12.4. The van der Waals surface area contributed by atoms with E-state index in [1.54, 1.807) is 11.3 Å². The molecule has 4 heteroatoms. The Balaban J connectivity index is 1.47. The summed E-state index contributed by atoms with van der Waals surface area (Å²) in [6, 6.07) is 12.4. The van der Waals surface area contributed by atoms with Crippen LogP contribution in [-0.4, -0.2) is 36.6 Å². The number of rotatable bonds is 5. The summed E-state index contributed by atoms with van der Waals surface area (Å²) in [5.74, 6) is 0.137. The van der Waals surface area contributed by atoms with Crippen molar-refractivity contribution >= 4 is 17.2 Å². The number of carbonyl (C=O) groups is 1. The molecule has 2 heterocycles. The van der Waals surface area contributed by atoms with Crippen molar-refractivity contribution in [1.29, 1.82) is 0 Å². The molecule has 1 aliphatic rings. The summed E-state index contributed by atoms with van der Waals surface area (Å²) in [6.45, 7) is 2.05. The molecular weight excluding hydrogens is 294 g/mol. The molecule has 0 N–H and O–H groups in total. The maximum absolute atomic E-state index is 12.4. The molecular formula is C18H21NO2S. The number of ether oxygens (including phenoxy) is 1. The fourth-order valence-electron chi connectivity index (χ4n) is 2.83. The minimum Gasteiger partial charge on any atom is -0.375 e. The summed E-state index contributed by atoms with van der Waals surface area (Å²) >= 11 is 1.57. The Morgan fingerprint density at radius 3 is 2.91 bits per heavy atom.